The zero-order chi connectivity index (χ0) is 20.7. The maximum absolute atomic E-state index is 12.2. The Bertz CT molecular complexity index is 1160. The van der Waals surface area contributed by atoms with Crippen LogP contribution in [0.3, 0.4) is 0 Å². The van der Waals surface area contributed by atoms with E-state index in [-0.39, 0.29) is 30.4 Å². The smallest absolute Gasteiger partial charge is 0.341 e. The molecule has 1 atom stereocenters. The first kappa shape index (κ1) is 24.9. The van der Waals surface area contributed by atoms with Crippen LogP contribution in [0.25, 0.3) is 22.2 Å². The molecular weight excluding hydrogens is 439 g/mol. The fourth-order valence-corrected chi connectivity index (χ4v) is 4.25. The van der Waals surface area contributed by atoms with Gasteiger partial charge in [-0.15, -0.1) is 24.8 Å². The first-order valence-electron chi connectivity index (χ1n) is 9.91. The summed E-state index contributed by atoms with van der Waals surface area (Å²) in [6, 6.07) is 10.1. The molecule has 9 heteroatoms. The van der Waals surface area contributed by atoms with Crippen molar-refractivity contribution in [2.75, 3.05) is 26.7 Å². The van der Waals surface area contributed by atoms with Gasteiger partial charge in [0.2, 0.25) is 0 Å². The van der Waals surface area contributed by atoms with Crippen molar-refractivity contribution in [3.05, 3.63) is 57.5 Å². The molecule has 3 heterocycles. The van der Waals surface area contributed by atoms with Crippen LogP contribution in [-0.2, 0) is 13.5 Å². The van der Waals surface area contributed by atoms with Crippen LogP contribution in [0.2, 0.25) is 0 Å². The molecule has 0 bridgehead atoms. The molecule has 0 spiro atoms. The standard InChI is InChI=1S/C22H26N4O3.2ClH/c1-4-13-10-16(22(28)29)21(27)24-20(13)14-5-6-17-15(9-14)11-18(26(17)3)19-12-23-7-8-25(19)2;;/h5-6,9-11,19,23H,4,7-8,12H2,1-3H3,(H,24,27)(H,28,29);2*1H. The van der Waals surface area contributed by atoms with Crippen LogP contribution >= 0.6 is 24.8 Å². The Labute approximate surface area is 193 Å². The van der Waals surface area contributed by atoms with Crippen molar-refractivity contribution in [1.29, 1.82) is 0 Å². The fourth-order valence-electron chi connectivity index (χ4n) is 4.25. The molecule has 1 unspecified atom stereocenters. The maximum Gasteiger partial charge on any atom is 0.341 e. The van der Waals surface area contributed by atoms with Crippen LogP contribution in [0, 0.1) is 0 Å². The number of aromatic carboxylic acids is 1. The maximum atomic E-state index is 12.2. The van der Waals surface area contributed by atoms with Crippen LogP contribution in [0.4, 0.5) is 0 Å². The lowest BCUT2D eigenvalue weighted by atomic mass is 10.0. The average Bonchev–Trinajstić information content (AvgIpc) is 3.03. The molecule has 1 aliphatic rings. The molecule has 168 valence electrons. The number of carbonyl (C=O) groups is 1. The van der Waals surface area contributed by atoms with Gasteiger partial charge in [0.15, 0.2) is 0 Å². The number of fused-ring (bicyclic) bond motifs is 1. The number of likely N-dealkylation sites (N-methyl/N-ethyl adjacent to an activating group) is 1. The highest BCUT2D eigenvalue weighted by molar-refractivity contribution is 5.89. The molecule has 1 aromatic carbocycles. The van der Waals surface area contributed by atoms with Gasteiger partial charge in [0.1, 0.15) is 5.56 Å². The first-order valence-corrected chi connectivity index (χ1v) is 9.91. The second-order valence-corrected chi connectivity index (χ2v) is 7.67. The monoisotopic (exact) mass is 466 g/mol. The number of halogens is 2. The summed E-state index contributed by atoms with van der Waals surface area (Å²) in [7, 11) is 4.23. The highest BCUT2D eigenvalue weighted by Gasteiger charge is 2.24. The molecule has 0 amide bonds. The van der Waals surface area contributed by atoms with Gasteiger partial charge in [-0.1, -0.05) is 13.0 Å². The van der Waals surface area contributed by atoms with E-state index in [9.17, 15) is 14.7 Å². The molecule has 31 heavy (non-hydrogen) atoms. The molecular formula is C22H28Cl2N4O3. The quantitative estimate of drug-likeness (QED) is 0.548. The summed E-state index contributed by atoms with van der Waals surface area (Å²) >= 11 is 0. The first-order chi connectivity index (χ1) is 13.9. The van der Waals surface area contributed by atoms with Crippen LogP contribution < -0.4 is 10.9 Å². The Morgan fingerprint density at radius 3 is 2.58 bits per heavy atom. The minimum Gasteiger partial charge on any atom is -0.477 e. The molecule has 3 aromatic rings. The SMILES string of the molecule is CCc1cc(C(=O)O)c(=O)[nH]c1-c1ccc2c(c1)cc(C1CNCCN1C)n2C.Cl.Cl. The van der Waals surface area contributed by atoms with Crippen molar-refractivity contribution in [1.82, 2.24) is 19.8 Å². The second-order valence-electron chi connectivity index (χ2n) is 7.67. The molecule has 3 N–H and O–H groups in total. The van der Waals surface area contributed by atoms with Gasteiger partial charge in [0.05, 0.1) is 11.7 Å². The van der Waals surface area contributed by atoms with Crippen LogP contribution in [0.5, 0.6) is 0 Å². The topological polar surface area (TPSA) is 90.4 Å². The number of piperazine rings is 1. The summed E-state index contributed by atoms with van der Waals surface area (Å²) in [5.74, 6) is -1.21. The van der Waals surface area contributed by atoms with Gasteiger partial charge in [-0.3, -0.25) is 9.69 Å². The molecule has 1 fully saturated rings. The van der Waals surface area contributed by atoms with E-state index >= 15 is 0 Å². The number of aromatic nitrogens is 2. The number of rotatable bonds is 4. The predicted octanol–water partition coefficient (Wildman–Crippen LogP) is 3.21. The molecule has 7 nitrogen and oxygen atoms in total. The van der Waals surface area contributed by atoms with Gasteiger partial charge in [0, 0.05) is 43.3 Å². The van der Waals surface area contributed by atoms with Gasteiger partial charge in [-0.2, -0.15) is 0 Å². The lowest BCUT2D eigenvalue weighted by Crippen LogP contribution is -2.44. The number of hydrogen-bond donors (Lipinski definition) is 3. The van der Waals surface area contributed by atoms with Crippen LogP contribution in [-0.4, -0.2) is 52.2 Å². The molecule has 0 saturated carbocycles. The second kappa shape index (κ2) is 9.87. The van der Waals surface area contributed by atoms with E-state index in [0.29, 0.717) is 18.2 Å². The highest BCUT2D eigenvalue weighted by atomic mass is 35.5. The summed E-state index contributed by atoms with van der Waals surface area (Å²) in [4.78, 5) is 28.7. The minimum absolute atomic E-state index is 0. The number of hydrogen-bond acceptors (Lipinski definition) is 4. The zero-order valence-electron chi connectivity index (χ0n) is 17.8. The van der Waals surface area contributed by atoms with Crippen molar-refractivity contribution in [3.63, 3.8) is 0 Å². The number of H-pyrrole nitrogens is 1. The fraction of sp³-hybridized carbons (Fsp3) is 0.364. The summed E-state index contributed by atoms with van der Waals surface area (Å²) in [6.45, 7) is 4.88. The summed E-state index contributed by atoms with van der Waals surface area (Å²) in [6.07, 6.45) is 0.628. The number of benzene rings is 1. The Morgan fingerprint density at radius 2 is 1.94 bits per heavy atom. The van der Waals surface area contributed by atoms with Crippen molar-refractivity contribution in [2.45, 2.75) is 19.4 Å². The van der Waals surface area contributed by atoms with Crippen molar-refractivity contribution in [2.24, 2.45) is 7.05 Å². The molecule has 1 saturated heterocycles. The Hall–Kier alpha value is -2.32. The van der Waals surface area contributed by atoms with Gasteiger partial charge in [-0.05, 0) is 48.9 Å². The number of pyridine rings is 1. The Balaban J connectivity index is 0.00000171. The number of carboxylic acid groups (broad SMARTS) is 1. The van der Waals surface area contributed by atoms with E-state index in [0.717, 1.165) is 41.7 Å². The van der Waals surface area contributed by atoms with Gasteiger partial charge in [-0.25, -0.2) is 4.79 Å². The van der Waals surface area contributed by atoms with Gasteiger partial charge < -0.3 is 20.0 Å². The molecule has 2 aromatic heterocycles. The van der Waals surface area contributed by atoms with E-state index in [4.69, 9.17) is 0 Å². The molecule has 0 aliphatic carbocycles. The number of aryl methyl sites for hydroxylation is 2. The third kappa shape index (κ3) is 4.50. The zero-order valence-corrected chi connectivity index (χ0v) is 19.4. The van der Waals surface area contributed by atoms with Crippen molar-refractivity contribution in [3.8, 4) is 11.3 Å². The van der Waals surface area contributed by atoms with Crippen molar-refractivity contribution >= 4 is 41.7 Å². The Kier molecular flexibility index (Phi) is 7.94. The van der Waals surface area contributed by atoms with Gasteiger partial charge >= 0.3 is 5.97 Å². The lowest BCUT2D eigenvalue weighted by molar-refractivity contribution is 0.0695. The van der Waals surface area contributed by atoms with Gasteiger partial charge in [0.25, 0.3) is 5.56 Å². The normalized spacial score (nSPS) is 16.5. The molecule has 0 radical (unpaired) electrons. The lowest BCUT2D eigenvalue weighted by Gasteiger charge is -2.33. The number of carboxylic acids is 1. The number of aromatic amines is 1. The Morgan fingerprint density at radius 1 is 1.19 bits per heavy atom. The largest absolute Gasteiger partial charge is 0.477 e. The van der Waals surface area contributed by atoms with Crippen LogP contribution in [0.15, 0.2) is 35.1 Å². The van der Waals surface area contributed by atoms with E-state index in [2.05, 4.69) is 52.1 Å². The van der Waals surface area contributed by atoms with Crippen molar-refractivity contribution < 1.29 is 9.90 Å². The van der Waals surface area contributed by atoms with E-state index in [1.165, 1.54) is 11.8 Å². The average molecular weight is 467 g/mol. The van der Waals surface area contributed by atoms with E-state index in [1.54, 1.807) is 0 Å². The summed E-state index contributed by atoms with van der Waals surface area (Å²) < 4.78 is 2.23. The highest BCUT2D eigenvalue weighted by Crippen LogP contribution is 2.31. The molecule has 4 rings (SSSR count). The summed E-state index contributed by atoms with van der Waals surface area (Å²) in [5.41, 5.74) is 3.97. The third-order valence-electron chi connectivity index (χ3n) is 5.95. The predicted molar refractivity (Wildman–Crippen MR) is 128 cm³/mol. The minimum atomic E-state index is -1.21. The number of nitrogens with zero attached hydrogens (tertiary/aromatic N) is 2. The van der Waals surface area contributed by atoms with Crippen LogP contribution in [0.1, 0.15) is 34.6 Å². The van der Waals surface area contributed by atoms with E-state index < -0.39 is 11.5 Å². The third-order valence-corrected chi connectivity index (χ3v) is 5.95. The molecule has 1 aliphatic heterocycles. The summed E-state index contributed by atoms with van der Waals surface area (Å²) in [5, 5.41) is 13.8. The van der Waals surface area contributed by atoms with E-state index in [1.807, 2.05) is 13.0 Å². The number of nitrogens with one attached hydrogen (secondary N) is 2.